The second-order valence-corrected chi connectivity index (χ2v) is 7.98. The molecule has 21 heavy (non-hydrogen) atoms. The molecule has 0 fully saturated rings. The molecule has 1 amide bonds. The summed E-state index contributed by atoms with van der Waals surface area (Å²) in [5.74, 6) is -0.595. The van der Waals surface area contributed by atoms with E-state index in [1.165, 1.54) is 0 Å². The maximum Gasteiger partial charge on any atom is 0.262 e. The van der Waals surface area contributed by atoms with Crippen LogP contribution in [-0.4, -0.2) is 20.4 Å². The molecular formula is C12H13Cl4NO3S. The summed E-state index contributed by atoms with van der Waals surface area (Å²) in [5, 5.41) is 2.14. The number of hydrogen-bond acceptors (Lipinski definition) is 3. The lowest BCUT2D eigenvalue weighted by molar-refractivity contribution is 0.0935. The van der Waals surface area contributed by atoms with Crippen LogP contribution in [0.4, 0.5) is 0 Å². The third-order valence-corrected chi connectivity index (χ3v) is 5.57. The van der Waals surface area contributed by atoms with E-state index in [0.29, 0.717) is 12.8 Å². The Labute approximate surface area is 143 Å². The van der Waals surface area contributed by atoms with Gasteiger partial charge in [-0.2, -0.15) is 0 Å². The van der Waals surface area contributed by atoms with Gasteiger partial charge in [0.15, 0.2) is 0 Å². The highest BCUT2D eigenvalue weighted by atomic mass is 35.7. The van der Waals surface area contributed by atoms with Crippen LogP contribution in [0.2, 0.25) is 15.1 Å². The molecule has 1 aromatic rings. The highest BCUT2D eigenvalue weighted by Gasteiger charge is 2.26. The quantitative estimate of drug-likeness (QED) is 0.592. The van der Waals surface area contributed by atoms with Gasteiger partial charge in [0.1, 0.15) is 4.90 Å². The van der Waals surface area contributed by atoms with E-state index in [1.807, 2.05) is 13.8 Å². The predicted octanol–water partition coefficient (Wildman–Crippen LogP) is 4.49. The first-order valence-electron chi connectivity index (χ1n) is 6.06. The molecule has 0 aromatic heterocycles. The van der Waals surface area contributed by atoms with Gasteiger partial charge in [-0.25, -0.2) is 8.42 Å². The van der Waals surface area contributed by atoms with Gasteiger partial charge in [-0.15, -0.1) is 0 Å². The average Bonchev–Trinajstić information content (AvgIpc) is 2.39. The highest BCUT2D eigenvalue weighted by molar-refractivity contribution is 8.13. The number of benzene rings is 1. The maximum atomic E-state index is 12.3. The molecule has 0 bridgehead atoms. The first kappa shape index (κ1) is 18.8. The van der Waals surface area contributed by atoms with Crippen molar-refractivity contribution in [2.45, 2.75) is 37.6 Å². The van der Waals surface area contributed by atoms with Gasteiger partial charge in [-0.1, -0.05) is 48.7 Å². The Morgan fingerprint density at radius 2 is 1.71 bits per heavy atom. The summed E-state index contributed by atoms with van der Waals surface area (Å²) in [6.45, 7) is 3.81. The number of nitrogens with one attached hydrogen (secondary N) is 1. The van der Waals surface area contributed by atoms with Gasteiger partial charge in [0.25, 0.3) is 15.0 Å². The number of rotatable bonds is 5. The van der Waals surface area contributed by atoms with Gasteiger partial charge in [-0.3, -0.25) is 4.79 Å². The normalized spacial score (nSPS) is 11.8. The predicted molar refractivity (Wildman–Crippen MR) is 86.3 cm³/mol. The fourth-order valence-corrected chi connectivity index (χ4v) is 3.86. The lowest BCUT2D eigenvalue weighted by Gasteiger charge is -2.17. The van der Waals surface area contributed by atoms with Gasteiger partial charge in [0.05, 0.1) is 20.6 Å². The first-order valence-corrected chi connectivity index (χ1v) is 9.50. The SMILES string of the molecule is CCC(CC)NC(=O)c1c(Cl)c(Cl)cc(S(=O)(=O)Cl)c1Cl. The summed E-state index contributed by atoms with van der Waals surface area (Å²) in [7, 11) is 1.13. The Bertz CT molecular complexity index is 657. The van der Waals surface area contributed by atoms with Crippen molar-refractivity contribution in [3.05, 3.63) is 26.7 Å². The molecule has 1 aromatic carbocycles. The number of carbonyl (C=O) groups excluding carboxylic acids is 1. The summed E-state index contributed by atoms with van der Waals surface area (Å²) < 4.78 is 22.9. The molecule has 118 valence electrons. The van der Waals surface area contributed by atoms with Gasteiger partial charge in [-0.05, 0) is 18.9 Å². The Kier molecular flexibility index (Phi) is 6.62. The third kappa shape index (κ3) is 4.39. The largest absolute Gasteiger partial charge is 0.349 e. The topological polar surface area (TPSA) is 63.2 Å². The molecular weight excluding hydrogens is 380 g/mol. The monoisotopic (exact) mass is 391 g/mol. The molecule has 0 aliphatic carbocycles. The standard InChI is InChI=1S/C12H13Cl4NO3S/c1-3-6(4-2)17-12(18)9-10(14)7(13)5-8(11(9)15)21(16,19)20/h5-6H,3-4H2,1-2H3,(H,17,18). The van der Waals surface area contributed by atoms with Crippen molar-refractivity contribution in [3.8, 4) is 0 Å². The average molecular weight is 393 g/mol. The Morgan fingerprint density at radius 1 is 1.19 bits per heavy atom. The minimum Gasteiger partial charge on any atom is -0.349 e. The van der Waals surface area contributed by atoms with Crippen molar-refractivity contribution in [1.29, 1.82) is 0 Å². The minimum atomic E-state index is -4.15. The van der Waals surface area contributed by atoms with Crippen LogP contribution in [0.25, 0.3) is 0 Å². The summed E-state index contributed by atoms with van der Waals surface area (Å²) in [6.07, 6.45) is 1.41. The molecule has 1 rings (SSSR count). The molecule has 0 aliphatic heterocycles. The summed E-state index contributed by atoms with van der Waals surface area (Å²) in [5.41, 5.74) is -0.197. The number of carbonyl (C=O) groups is 1. The van der Waals surface area contributed by atoms with Crippen LogP contribution >= 0.6 is 45.5 Å². The molecule has 0 saturated heterocycles. The number of amides is 1. The Balaban J connectivity index is 3.42. The van der Waals surface area contributed by atoms with Crippen LogP contribution in [-0.2, 0) is 9.05 Å². The second kappa shape index (κ2) is 7.38. The molecule has 4 nitrogen and oxygen atoms in total. The van der Waals surface area contributed by atoms with Crippen molar-refractivity contribution in [2.24, 2.45) is 0 Å². The van der Waals surface area contributed by atoms with Crippen molar-refractivity contribution in [1.82, 2.24) is 5.32 Å². The number of hydrogen-bond donors (Lipinski definition) is 1. The van der Waals surface area contributed by atoms with Crippen LogP contribution < -0.4 is 5.32 Å². The second-order valence-electron chi connectivity index (χ2n) is 4.28. The number of halogens is 4. The van der Waals surface area contributed by atoms with E-state index in [4.69, 9.17) is 45.5 Å². The van der Waals surface area contributed by atoms with Crippen molar-refractivity contribution >= 4 is 60.4 Å². The molecule has 0 heterocycles. The smallest absolute Gasteiger partial charge is 0.262 e. The summed E-state index contributed by atoms with van der Waals surface area (Å²) >= 11 is 17.8. The van der Waals surface area contributed by atoms with Crippen LogP contribution in [0, 0.1) is 0 Å². The van der Waals surface area contributed by atoms with Gasteiger partial charge >= 0.3 is 0 Å². The zero-order valence-corrected chi connectivity index (χ0v) is 15.1. The zero-order valence-electron chi connectivity index (χ0n) is 11.2. The first-order chi connectivity index (χ1) is 9.63. The van der Waals surface area contributed by atoms with Gasteiger partial charge in [0.2, 0.25) is 0 Å². The fourth-order valence-electron chi connectivity index (χ4n) is 1.71. The highest BCUT2D eigenvalue weighted by Crippen LogP contribution is 2.38. The van der Waals surface area contributed by atoms with Gasteiger partial charge in [0, 0.05) is 16.7 Å². The van der Waals surface area contributed by atoms with E-state index in [1.54, 1.807) is 0 Å². The molecule has 1 N–H and O–H groups in total. The van der Waals surface area contributed by atoms with Crippen molar-refractivity contribution in [2.75, 3.05) is 0 Å². The zero-order chi connectivity index (χ0) is 16.4. The fraction of sp³-hybridized carbons (Fsp3) is 0.417. The van der Waals surface area contributed by atoms with E-state index in [9.17, 15) is 13.2 Å². The van der Waals surface area contributed by atoms with E-state index in [2.05, 4.69) is 5.32 Å². The van der Waals surface area contributed by atoms with E-state index in [0.717, 1.165) is 6.07 Å². The molecule has 0 spiro atoms. The maximum absolute atomic E-state index is 12.3. The van der Waals surface area contributed by atoms with Crippen LogP contribution in [0.3, 0.4) is 0 Å². The van der Waals surface area contributed by atoms with Crippen LogP contribution in [0.15, 0.2) is 11.0 Å². The lowest BCUT2D eigenvalue weighted by atomic mass is 10.1. The summed E-state index contributed by atoms with van der Waals surface area (Å²) in [4.78, 5) is 11.8. The van der Waals surface area contributed by atoms with Crippen molar-refractivity contribution in [3.63, 3.8) is 0 Å². The minimum absolute atomic E-state index is 0.0836. The molecule has 0 radical (unpaired) electrons. The van der Waals surface area contributed by atoms with E-state index in [-0.39, 0.29) is 26.7 Å². The third-order valence-electron chi connectivity index (χ3n) is 2.93. The Hall–Kier alpha value is -0.200. The molecule has 9 heteroatoms. The van der Waals surface area contributed by atoms with E-state index >= 15 is 0 Å². The van der Waals surface area contributed by atoms with Crippen LogP contribution in [0.5, 0.6) is 0 Å². The molecule has 0 saturated carbocycles. The van der Waals surface area contributed by atoms with Crippen LogP contribution in [0.1, 0.15) is 37.0 Å². The van der Waals surface area contributed by atoms with E-state index < -0.39 is 19.9 Å². The van der Waals surface area contributed by atoms with Gasteiger partial charge < -0.3 is 5.32 Å². The lowest BCUT2D eigenvalue weighted by Crippen LogP contribution is -2.34. The summed E-state index contributed by atoms with van der Waals surface area (Å²) in [6, 6.07) is 0.933. The Morgan fingerprint density at radius 3 is 2.14 bits per heavy atom. The molecule has 0 atom stereocenters. The molecule has 0 unspecified atom stereocenters. The van der Waals surface area contributed by atoms with Crippen molar-refractivity contribution < 1.29 is 13.2 Å². The molecule has 0 aliphatic rings.